The predicted molar refractivity (Wildman–Crippen MR) is 93.0 cm³/mol. The molecule has 0 unspecified atom stereocenters. The van der Waals surface area contributed by atoms with Crippen LogP contribution in [0.2, 0.25) is 0 Å². The van der Waals surface area contributed by atoms with Crippen LogP contribution in [0.4, 0.5) is 0 Å². The number of carboxylic acid groups (broad SMARTS) is 2. The number of fused-ring (bicyclic) bond motifs is 1. The number of phenolic OH excluding ortho intramolecular Hbond substituents is 1. The molecule has 0 radical (unpaired) electrons. The van der Waals surface area contributed by atoms with E-state index in [0.29, 0.717) is 17.9 Å². The summed E-state index contributed by atoms with van der Waals surface area (Å²) in [7, 11) is 0. The summed E-state index contributed by atoms with van der Waals surface area (Å²) in [5, 5.41) is 24.9. The summed E-state index contributed by atoms with van der Waals surface area (Å²) in [6.45, 7) is 3.82. The van der Waals surface area contributed by atoms with Crippen molar-refractivity contribution in [1.29, 1.82) is 0 Å². The molecule has 0 spiro atoms. The molecule has 0 saturated carbocycles. The summed E-state index contributed by atoms with van der Waals surface area (Å²) in [5.41, 5.74) is 4.61. The number of rotatable bonds is 3. The quantitative estimate of drug-likeness (QED) is 0.742. The number of aliphatic carboxylic acids is 2. The van der Waals surface area contributed by atoms with Crippen LogP contribution < -0.4 is 0 Å². The zero-order chi connectivity index (χ0) is 18.4. The van der Waals surface area contributed by atoms with Gasteiger partial charge in [-0.05, 0) is 48.9 Å². The number of carboxylic acids is 2. The molecule has 25 heavy (non-hydrogen) atoms. The number of aromatic hydroxyl groups is 1. The summed E-state index contributed by atoms with van der Waals surface area (Å²) in [6.07, 6.45) is 1.12. The number of carbonyl (C=O) groups is 2. The van der Waals surface area contributed by atoms with Gasteiger partial charge in [-0.25, -0.2) is 9.59 Å². The summed E-state index contributed by atoms with van der Waals surface area (Å²) in [4.78, 5) is 23.6. The van der Waals surface area contributed by atoms with Gasteiger partial charge in [-0.15, -0.1) is 0 Å². The fourth-order valence-electron chi connectivity index (χ4n) is 2.45. The molecule has 130 valence electrons. The van der Waals surface area contributed by atoms with Gasteiger partial charge in [0.1, 0.15) is 5.75 Å². The smallest absolute Gasteiger partial charge is 0.328 e. The second-order valence-electron chi connectivity index (χ2n) is 5.28. The summed E-state index contributed by atoms with van der Waals surface area (Å²) in [5.74, 6) is -2.21. The molecule has 7 nitrogen and oxygen atoms in total. The van der Waals surface area contributed by atoms with E-state index in [1.807, 2.05) is 19.1 Å². The van der Waals surface area contributed by atoms with E-state index in [9.17, 15) is 14.7 Å². The molecule has 1 aliphatic rings. The SMILES string of the molecule is CC1=NCCn2c1ccc2-c1ccc(O)cc1.O=C(O)C=CC(=O)O. The third-order valence-corrected chi connectivity index (χ3v) is 3.56. The third-order valence-electron chi connectivity index (χ3n) is 3.56. The molecular weight excluding hydrogens is 324 g/mol. The zero-order valence-electron chi connectivity index (χ0n) is 13.6. The largest absolute Gasteiger partial charge is 0.508 e. The highest BCUT2D eigenvalue weighted by molar-refractivity contribution is 5.98. The first-order valence-electron chi connectivity index (χ1n) is 7.53. The fraction of sp³-hybridized carbons (Fsp3) is 0.167. The highest BCUT2D eigenvalue weighted by Gasteiger charge is 2.14. The van der Waals surface area contributed by atoms with Gasteiger partial charge in [-0.1, -0.05) is 0 Å². The number of nitrogens with zero attached hydrogens (tertiary/aromatic N) is 2. The van der Waals surface area contributed by atoms with E-state index in [4.69, 9.17) is 10.2 Å². The Morgan fingerprint density at radius 2 is 1.56 bits per heavy atom. The monoisotopic (exact) mass is 342 g/mol. The van der Waals surface area contributed by atoms with Crippen molar-refractivity contribution in [2.75, 3.05) is 6.54 Å². The first kappa shape index (κ1) is 18.0. The van der Waals surface area contributed by atoms with Crippen molar-refractivity contribution < 1.29 is 24.9 Å². The van der Waals surface area contributed by atoms with Crippen LogP contribution in [0.1, 0.15) is 12.6 Å². The Morgan fingerprint density at radius 1 is 1.00 bits per heavy atom. The molecule has 0 saturated heterocycles. The molecule has 0 bridgehead atoms. The van der Waals surface area contributed by atoms with Crippen molar-refractivity contribution >= 4 is 17.7 Å². The first-order valence-corrected chi connectivity index (χ1v) is 7.53. The molecule has 3 N–H and O–H groups in total. The Labute approximate surface area is 144 Å². The summed E-state index contributed by atoms with van der Waals surface area (Å²) >= 11 is 0. The average molecular weight is 342 g/mol. The van der Waals surface area contributed by atoms with Crippen molar-refractivity contribution in [2.24, 2.45) is 4.99 Å². The molecular formula is C18H18N2O5. The maximum absolute atomic E-state index is 9.55. The van der Waals surface area contributed by atoms with E-state index in [2.05, 4.69) is 21.7 Å². The zero-order valence-corrected chi connectivity index (χ0v) is 13.6. The molecule has 3 rings (SSSR count). The van der Waals surface area contributed by atoms with Crippen LogP contribution in [0.15, 0.2) is 53.5 Å². The lowest BCUT2D eigenvalue weighted by Gasteiger charge is -2.16. The van der Waals surface area contributed by atoms with Crippen molar-refractivity contribution in [1.82, 2.24) is 4.57 Å². The molecule has 0 fully saturated rings. The van der Waals surface area contributed by atoms with Crippen LogP contribution >= 0.6 is 0 Å². The second kappa shape index (κ2) is 7.96. The third kappa shape index (κ3) is 4.81. The Balaban J connectivity index is 0.000000242. The van der Waals surface area contributed by atoms with Crippen molar-refractivity contribution in [3.05, 3.63) is 54.2 Å². The average Bonchev–Trinajstić information content (AvgIpc) is 3.00. The van der Waals surface area contributed by atoms with Crippen molar-refractivity contribution in [3.63, 3.8) is 0 Å². The van der Waals surface area contributed by atoms with Gasteiger partial charge in [0.15, 0.2) is 0 Å². The van der Waals surface area contributed by atoms with Crippen LogP contribution in [-0.4, -0.2) is 44.1 Å². The molecule has 1 aliphatic heterocycles. The lowest BCUT2D eigenvalue weighted by atomic mass is 10.1. The Bertz CT molecular complexity index is 816. The minimum atomic E-state index is -1.26. The standard InChI is InChI=1S/C14H14N2O.C4H4O4/c1-10-13-6-7-14(16(13)9-8-15-10)11-2-4-12(17)5-3-11;5-3(6)1-2-4(7)8/h2-7,17H,8-9H2,1H3;1-2H,(H,5,6)(H,7,8). The van der Waals surface area contributed by atoms with Crippen LogP contribution in [0.25, 0.3) is 11.3 Å². The lowest BCUT2D eigenvalue weighted by molar-refractivity contribution is -0.134. The Hall–Kier alpha value is -3.35. The summed E-state index contributed by atoms with van der Waals surface area (Å²) < 4.78 is 2.29. The molecule has 7 heteroatoms. The number of aliphatic imine (C=N–C) groups is 1. The number of aromatic nitrogens is 1. The normalized spacial score (nSPS) is 12.8. The van der Waals surface area contributed by atoms with E-state index in [1.165, 1.54) is 11.4 Å². The highest BCUT2D eigenvalue weighted by atomic mass is 16.4. The highest BCUT2D eigenvalue weighted by Crippen LogP contribution is 2.26. The Morgan fingerprint density at radius 3 is 2.12 bits per heavy atom. The van der Waals surface area contributed by atoms with E-state index in [0.717, 1.165) is 24.4 Å². The van der Waals surface area contributed by atoms with Gasteiger partial charge in [0.05, 0.1) is 18.0 Å². The molecule has 0 aliphatic carbocycles. The van der Waals surface area contributed by atoms with Gasteiger partial charge >= 0.3 is 11.9 Å². The van der Waals surface area contributed by atoms with Crippen LogP contribution in [0, 0.1) is 0 Å². The lowest BCUT2D eigenvalue weighted by Crippen LogP contribution is -2.16. The van der Waals surface area contributed by atoms with E-state index in [-0.39, 0.29) is 0 Å². The first-order chi connectivity index (χ1) is 11.9. The maximum atomic E-state index is 9.55. The molecule has 0 amide bonds. The van der Waals surface area contributed by atoms with Gasteiger partial charge in [-0.2, -0.15) is 0 Å². The van der Waals surface area contributed by atoms with E-state index < -0.39 is 11.9 Å². The van der Waals surface area contributed by atoms with Crippen molar-refractivity contribution in [3.8, 4) is 17.0 Å². The minimum Gasteiger partial charge on any atom is -0.508 e. The van der Waals surface area contributed by atoms with E-state index >= 15 is 0 Å². The topological polar surface area (TPSA) is 112 Å². The Kier molecular flexibility index (Phi) is 5.73. The van der Waals surface area contributed by atoms with Gasteiger partial charge in [0, 0.05) is 24.4 Å². The molecule has 1 aromatic carbocycles. The number of benzene rings is 1. The van der Waals surface area contributed by atoms with Crippen LogP contribution in [0.5, 0.6) is 5.75 Å². The van der Waals surface area contributed by atoms with Crippen LogP contribution in [-0.2, 0) is 16.1 Å². The molecule has 2 heterocycles. The molecule has 2 aromatic rings. The van der Waals surface area contributed by atoms with Crippen molar-refractivity contribution in [2.45, 2.75) is 13.5 Å². The molecule has 0 atom stereocenters. The van der Waals surface area contributed by atoms with Crippen LogP contribution in [0.3, 0.4) is 0 Å². The van der Waals surface area contributed by atoms with Gasteiger partial charge in [-0.3, -0.25) is 4.99 Å². The minimum absolute atomic E-state index is 0.303. The summed E-state index contributed by atoms with van der Waals surface area (Å²) in [6, 6.07) is 11.6. The number of hydrogen-bond acceptors (Lipinski definition) is 4. The predicted octanol–water partition coefficient (Wildman–Crippen LogP) is 2.40. The molecule has 1 aromatic heterocycles. The van der Waals surface area contributed by atoms with E-state index in [1.54, 1.807) is 12.1 Å². The fourth-order valence-corrected chi connectivity index (χ4v) is 2.45. The number of phenols is 1. The maximum Gasteiger partial charge on any atom is 0.328 e. The second-order valence-corrected chi connectivity index (χ2v) is 5.28. The number of hydrogen-bond donors (Lipinski definition) is 3. The van der Waals surface area contributed by atoms with Gasteiger partial charge in [0.2, 0.25) is 0 Å². The van der Waals surface area contributed by atoms with Gasteiger partial charge < -0.3 is 19.9 Å². The van der Waals surface area contributed by atoms with Gasteiger partial charge in [0.25, 0.3) is 0 Å².